The molecule has 0 radical (unpaired) electrons. The van der Waals surface area contributed by atoms with Crippen LogP contribution in [0, 0.1) is 5.92 Å². The maximum Gasteiger partial charge on any atom is 0.416 e. The highest BCUT2D eigenvalue weighted by molar-refractivity contribution is 6.10. The molecule has 0 saturated heterocycles. The van der Waals surface area contributed by atoms with Gasteiger partial charge in [0.2, 0.25) is 11.4 Å². The standard InChI is InChI=1S/C41H39F6N2/c1-39(2)35-16-8-9-17-36(35)48(22-21-27-11-4-3-5-12-27)37(39)18-10-14-32-23-29-20-19-28-13-6-7-15-34(28)38(29)49(32)33-25-30(40(42,43)44)24-31(26-33)41(45,46)47/h6-10,13-20,24-27H,3-5,11-12,21-23H2,1-2H3/q+1. The summed E-state index contributed by atoms with van der Waals surface area (Å²) in [4.78, 5) is 2.40. The first-order chi connectivity index (χ1) is 23.3. The molecule has 2 aliphatic heterocycles. The van der Waals surface area contributed by atoms with Crippen LogP contribution in [0.25, 0.3) is 10.8 Å². The average molecular weight is 674 g/mol. The third-order valence-corrected chi connectivity index (χ3v) is 10.5. The predicted molar refractivity (Wildman–Crippen MR) is 186 cm³/mol. The fraction of sp³-hybridized carbons (Fsp3) is 0.341. The molecule has 4 aromatic carbocycles. The third-order valence-electron chi connectivity index (χ3n) is 10.5. The molecule has 3 aliphatic rings. The SMILES string of the molecule is CC1(C)/C(=C\C=C\C2=[N+](c3cc(C(F)(F)F)cc(C(F)(F)F)c3)c3c(ccc4ccccc34)C2)N(CCC2CCCCC2)c2ccccc21. The summed E-state index contributed by atoms with van der Waals surface area (Å²) < 4.78 is 85.7. The molecular formula is C41H39F6N2+. The lowest BCUT2D eigenvalue weighted by Crippen LogP contribution is -2.28. The number of para-hydroxylation sites is 1. The van der Waals surface area contributed by atoms with Gasteiger partial charge in [-0.1, -0.05) is 101 Å². The van der Waals surface area contributed by atoms with Crippen LogP contribution in [0.5, 0.6) is 0 Å². The molecule has 1 aliphatic carbocycles. The summed E-state index contributed by atoms with van der Waals surface area (Å²) in [7, 11) is 0. The van der Waals surface area contributed by atoms with Crippen LogP contribution in [0.3, 0.4) is 0 Å². The summed E-state index contributed by atoms with van der Waals surface area (Å²) in [5, 5.41) is 1.61. The van der Waals surface area contributed by atoms with Gasteiger partial charge in [0, 0.05) is 47.1 Å². The molecule has 7 rings (SSSR count). The largest absolute Gasteiger partial charge is 0.416 e. The third kappa shape index (κ3) is 6.30. The Hall–Kier alpha value is -4.33. The van der Waals surface area contributed by atoms with Gasteiger partial charge in [0.05, 0.1) is 22.9 Å². The fourth-order valence-corrected chi connectivity index (χ4v) is 8.04. The highest BCUT2D eigenvalue weighted by atomic mass is 19.4. The molecule has 0 aromatic heterocycles. The molecular weight excluding hydrogens is 634 g/mol. The Morgan fingerprint density at radius 1 is 0.816 bits per heavy atom. The summed E-state index contributed by atoms with van der Waals surface area (Å²) in [5.74, 6) is 0.700. The maximum atomic E-state index is 14.0. The van der Waals surface area contributed by atoms with Crippen molar-refractivity contribution in [1.82, 2.24) is 4.58 Å². The van der Waals surface area contributed by atoms with Crippen molar-refractivity contribution in [1.29, 1.82) is 0 Å². The molecule has 8 heteroatoms. The second-order valence-electron chi connectivity index (χ2n) is 14.1. The highest BCUT2D eigenvalue weighted by Crippen LogP contribution is 2.48. The van der Waals surface area contributed by atoms with E-state index in [1.165, 1.54) is 43.4 Å². The molecule has 0 unspecified atom stereocenters. The molecule has 1 fully saturated rings. The lowest BCUT2D eigenvalue weighted by molar-refractivity contribution is -0.143. The van der Waals surface area contributed by atoms with Gasteiger partial charge in [0.25, 0.3) is 0 Å². The van der Waals surface area contributed by atoms with Crippen molar-refractivity contribution in [3.8, 4) is 0 Å². The number of fused-ring (bicyclic) bond motifs is 4. The van der Waals surface area contributed by atoms with E-state index < -0.39 is 23.5 Å². The Morgan fingerprint density at radius 2 is 1.49 bits per heavy atom. The van der Waals surface area contributed by atoms with Crippen LogP contribution < -0.4 is 9.48 Å². The normalized spacial score (nSPS) is 19.0. The first-order valence-corrected chi connectivity index (χ1v) is 17.0. The first-order valence-electron chi connectivity index (χ1n) is 17.0. The molecule has 2 heterocycles. The summed E-state index contributed by atoms with van der Waals surface area (Å²) in [6, 6.07) is 21.5. The minimum absolute atomic E-state index is 0.174. The number of nitrogens with zero attached hydrogens (tertiary/aromatic N) is 2. The number of halogens is 6. The molecule has 0 atom stereocenters. The molecule has 0 spiro atoms. The topological polar surface area (TPSA) is 6.25 Å². The monoisotopic (exact) mass is 673 g/mol. The lowest BCUT2D eigenvalue weighted by atomic mass is 9.83. The quantitative estimate of drug-likeness (QED) is 0.146. The Labute approximate surface area is 283 Å². The number of alkyl halides is 6. The van der Waals surface area contributed by atoms with Crippen molar-refractivity contribution in [2.75, 3.05) is 11.4 Å². The van der Waals surface area contributed by atoms with Crippen LogP contribution in [0.1, 0.15) is 74.6 Å². The van der Waals surface area contributed by atoms with Crippen LogP contribution >= 0.6 is 0 Å². The lowest BCUT2D eigenvalue weighted by Gasteiger charge is -2.29. The van der Waals surface area contributed by atoms with E-state index in [1.807, 2.05) is 48.6 Å². The molecule has 4 aromatic rings. The summed E-state index contributed by atoms with van der Waals surface area (Å²) in [5.41, 5.74) is 2.41. The summed E-state index contributed by atoms with van der Waals surface area (Å²) >= 11 is 0. The highest BCUT2D eigenvalue weighted by Gasteiger charge is 2.42. The maximum absolute atomic E-state index is 14.0. The summed E-state index contributed by atoms with van der Waals surface area (Å²) in [6.07, 6.45) is 3.73. The average Bonchev–Trinajstić information content (AvgIpc) is 3.55. The van der Waals surface area contributed by atoms with Crippen molar-refractivity contribution < 1.29 is 26.3 Å². The zero-order valence-corrected chi connectivity index (χ0v) is 27.6. The number of anilines is 1. The molecule has 0 amide bonds. The van der Waals surface area contributed by atoms with Crippen LogP contribution in [0.4, 0.5) is 43.4 Å². The van der Waals surface area contributed by atoms with Gasteiger partial charge in [-0.05, 0) is 47.6 Å². The smallest absolute Gasteiger partial charge is 0.344 e. The van der Waals surface area contributed by atoms with E-state index in [4.69, 9.17) is 0 Å². The van der Waals surface area contributed by atoms with Gasteiger partial charge >= 0.3 is 12.4 Å². The number of hydrogen-bond acceptors (Lipinski definition) is 1. The van der Waals surface area contributed by atoms with Crippen molar-refractivity contribution in [2.24, 2.45) is 5.92 Å². The molecule has 0 N–H and O–H groups in total. The van der Waals surface area contributed by atoms with Crippen LogP contribution in [-0.2, 0) is 24.2 Å². The van der Waals surface area contributed by atoms with Gasteiger partial charge in [0.1, 0.15) is 0 Å². The molecule has 0 bridgehead atoms. The van der Waals surface area contributed by atoms with E-state index in [0.29, 0.717) is 23.7 Å². The van der Waals surface area contributed by atoms with Gasteiger partial charge in [-0.25, -0.2) is 0 Å². The Kier molecular flexibility index (Phi) is 8.48. The second kappa shape index (κ2) is 12.5. The van der Waals surface area contributed by atoms with Crippen molar-refractivity contribution in [2.45, 2.75) is 76.6 Å². The summed E-state index contributed by atoms with van der Waals surface area (Å²) in [6.45, 7) is 5.28. The van der Waals surface area contributed by atoms with Crippen LogP contribution in [0.2, 0.25) is 0 Å². The van der Waals surface area contributed by atoms with E-state index in [2.05, 4.69) is 49.1 Å². The zero-order valence-electron chi connectivity index (χ0n) is 27.6. The van der Waals surface area contributed by atoms with E-state index >= 15 is 0 Å². The van der Waals surface area contributed by atoms with E-state index in [9.17, 15) is 26.3 Å². The van der Waals surface area contributed by atoms with E-state index in [0.717, 1.165) is 47.1 Å². The van der Waals surface area contributed by atoms with E-state index in [1.54, 1.807) is 4.58 Å². The van der Waals surface area contributed by atoms with Gasteiger partial charge < -0.3 is 4.90 Å². The number of benzene rings is 4. The van der Waals surface area contributed by atoms with Crippen LogP contribution in [0.15, 0.2) is 103 Å². The zero-order chi connectivity index (χ0) is 34.6. The minimum atomic E-state index is -4.96. The van der Waals surface area contributed by atoms with Crippen molar-refractivity contribution in [3.63, 3.8) is 0 Å². The predicted octanol–water partition coefficient (Wildman–Crippen LogP) is 11.9. The molecule has 254 valence electrons. The van der Waals surface area contributed by atoms with Gasteiger partial charge in [-0.15, -0.1) is 0 Å². The Bertz CT molecular complexity index is 1960. The van der Waals surface area contributed by atoms with Gasteiger partial charge in [-0.2, -0.15) is 30.9 Å². The fourth-order valence-electron chi connectivity index (χ4n) is 8.04. The van der Waals surface area contributed by atoms with Crippen molar-refractivity contribution >= 4 is 33.5 Å². The minimum Gasteiger partial charge on any atom is -0.344 e. The number of hydrogen-bond donors (Lipinski definition) is 0. The molecule has 49 heavy (non-hydrogen) atoms. The van der Waals surface area contributed by atoms with Crippen molar-refractivity contribution in [3.05, 3.63) is 125 Å². The number of allylic oxidation sites excluding steroid dienone is 4. The molecule has 2 nitrogen and oxygen atoms in total. The van der Waals surface area contributed by atoms with Gasteiger partial charge in [-0.3, -0.25) is 0 Å². The Balaban J connectivity index is 1.35. The van der Waals surface area contributed by atoms with Crippen LogP contribution in [-0.4, -0.2) is 12.3 Å². The number of rotatable bonds is 6. The Morgan fingerprint density at radius 3 is 2.20 bits per heavy atom. The van der Waals surface area contributed by atoms with E-state index in [-0.39, 0.29) is 17.2 Å². The molecule has 1 saturated carbocycles. The van der Waals surface area contributed by atoms with Gasteiger partial charge in [0.15, 0.2) is 5.71 Å². The second-order valence-corrected chi connectivity index (χ2v) is 14.1. The first kappa shape index (κ1) is 33.2.